The Balaban J connectivity index is 1.57. The van der Waals surface area contributed by atoms with Crippen LogP contribution in [0.3, 0.4) is 0 Å². The van der Waals surface area contributed by atoms with Crippen molar-refractivity contribution in [3.05, 3.63) is 89.2 Å². The van der Waals surface area contributed by atoms with Gasteiger partial charge in [0.25, 0.3) is 0 Å². The Morgan fingerprint density at radius 2 is 1.73 bits per heavy atom. The Morgan fingerprint density at radius 1 is 0.933 bits per heavy atom. The lowest BCUT2D eigenvalue weighted by Gasteiger charge is -2.10. The third-order valence-corrected chi connectivity index (χ3v) is 5.57. The predicted molar refractivity (Wildman–Crippen MR) is 119 cm³/mol. The highest BCUT2D eigenvalue weighted by molar-refractivity contribution is 5.94. The first-order valence-corrected chi connectivity index (χ1v) is 9.84. The number of nitrogens with zero attached hydrogens (tertiary/aromatic N) is 2. The molecule has 0 saturated heterocycles. The zero-order valence-electron chi connectivity index (χ0n) is 16.8. The predicted octanol–water partition coefficient (Wildman–Crippen LogP) is 6.04. The van der Waals surface area contributed by atoms with Gasteiger partial charge in [-0.2, -0.15) is 5.26 Å². The Morgan fingerprint density at radius 3 is 2.57 bits per heavy atom. The first kappa shape index (κ1) is 18.1. The molecule has 1 aliphatic rings. The smallest absolute Gasteiger partial charge is 0.231 e. The van der Waals surface area contributed by atoms with Gasteiger partial charge >= 0.3 is 0 Å². The molecule has 146 valence electrons. The van der Waals surface area contributed by atoms with Crippen molar-refractivity contribution in [1.82, 2.24) is 4.57 Å². The van der Waals surface area contributed by atoms with Crippen LogP contribution in [0.25, 0.3) is 28.1 Å². The minimum Gasteiger partial charge on any atom is -0.454 e. The molecule has 4 aromatic rings. The Kier molecular flexibility index (Phi) is 4.30. The number of allylic oxidation sites excluding steroid dienone is 1. The van der Waals surface area contributed by atoms with Gasteiger partial charge < -0.3 is 14.0 Å². The van der Waals surface area contributed by atoms with Gasteiger partial charge in [-0.1, -0.05) is 36.4 Å². The molecule has 4 heteroatoms. The molecule has 0 atom stereocenters. The van der Waals surface area contributed by atoms with E-state index in [-0.39, 0.29) is 6.79 Å². The monoisotopic (exact) mass is 392 g/mol. The quantitative estimate of drug-likeness (QED) is 0.399. The van der Waals surface area contributed by atoms with Crippen LogP contribution in [0.2, 0.25) is 0 Å². The summed E-state index contributed by atoms with van der Waals surface area (Å²) in [7, 11) is 0. The summed E-state index contributed by atoms with van der Waals surface area (Å²) < 4.78 is 13.1. The number of rotatable bonds is 3. The largest absolute Gasteiger partial charge is 0.454 e. The molecule has 0 aliphatic carbocycles. The maximum atomic E-state index is 9.85. The Hall–Kier alpha value is -3.97. The third-order valence-electron chi connectivity index (χ3n) is 5.57. The fourth-order valence-corrected chi connectivity index (χ4v) is 4.05. The summed E-state index contributed by atoms with van der Waals surface area (Å²) in [6.07, 6.45) is 1.97. The van der Waals surface area contributed by atoms with Crippen molar-refractivity contribution in [2.45, 2.75) is 13.8 Å². The van der Waals surface area contributed by atoms with E-state index in [0.717, 1.165) is 45.1 Å². The topological polar surface area (TPSA) is 47.2 Å². The Labute approximate surface area is 175 Å². The summed E-state index contributed by atoms with van der Waals surface area (Å²) >= 11 is 0. The van der Waals surface area contributed by atoms with Crippen LogP contribution < -0.4 is 9.47 Å². The third kappa shape index (κ3) is 3.01. The van der Waals surface area contributed by atoms with E-state index in [4.69, 9.17) is 9.47 Å². The number of ether oxygens (including phenoxy) is 2. The van der Waals surface area contributed by atoms with Crippen LogP contribution in [0.15, 0.2) is 66.7 Å². The lowest BCUT2D eigenvalue weighted by Crippen LogP contribution is -1.99. The zero-order chi connectivity index (χ0) is 20.7. The highest BCUT2D eigenvalue weighted by atomic mass is 16.7. The van der Waals surface area contributed by atoms with Crippen LogP contribution >= 0.6 is 0 Å². The van der Waals surface area contributed by atoms with Crippen molar-refractivity contribution < 1.29 is 9.47 Å². The lowest BCUT2D eigenvalue weighted by molar-refractivity contribution is 0.174. The molecule has 2 heterocycles. The molecule has 5 rings (SSSR count). The zero-order valence-corrected chi connectivity index (χ0v) is 16.8. The second kappa shape index (κ2) is 7.13. The summed E-state index contributed by atoms with van der Waals surface area (Å²) in [5, 5.41) is 12.1. The van der Waals surface area contributed by atoms with E-state index in [1.165, 1.54) is 5.39 Å². The molecular formula is C26H20N2O2. The molecule has 0 radical (unpaired) electrons. The van der Waals surface area contributed by atoms with Gasteiger partial charge in [0.15, 0.2) is 11.5 Å². The normalized spacial score (nSPS) is 12.9. The number of hydrogen-bond acceptors (Lipinski definition) is 3. The number of hydrogen-bond donors (Lipinski definition) is 0. The van der Waals surface area contributed by atoms with Crippen LogP contribution in [0.5, 0.6) is 11.5 Å². The van der Waals surface area contributed by atoms with E-state index in [9.17, 15) is 5.26 Å². The van der Waals surface area contributed by atoms with Gasteiger partial charge in [-0.25, -0.2) is 0 Å². The van der Waals surface area contributed by atoms with E-state index in [0.29, 0.717) is 5.57 Å². The SMILES string of the molecule is Cc1cc(/C=C(/C#N)c2ccc3ccccc3c2)c(C)n1-c1ccc2c(c1)OCO2. The molecule has 0 spiro atoms. The first-order valence-electron chi connectivity index (χ1n) is 9.84. The minimum absolute atomic E-state index is 0.258. The molecule has 3 aromatic carbocycles. The molecule has 1 aromatic heterocycles. The molecule has 0 amide bonds. The standard InChI is InChI=1S/C26H20N2O2/c1-17-11-22(18(2)28(17)24-9-10-25-26(14-24)30-16-29-25)13-23(15-27)21-8-7-19-5-3-4-6-20(19)12-21/h3-14H,16H2,1-2H3/b23-13-. The van der Waals surface area contributed by atoms with Crippen LogP contribution in [-0.2, 0) is 0 Å². The number of nitriles is 1. The molecule has 0 fully saturated rings. The summed E-state index contributed by atoms with van der Waals surface area (Å²) in [4.78, 5) is 0. The fraction of sp³-hybridized carbons (Fsp3) is 0.115. The van der Waals surface area contributed by atoms with Crippen molar-refractivity contribution in [2.24, 2.45) is 0 Å². The lowest BCUT2D eigenvalue weighted by atomic mass is 10.0. The van der Waals surface area contributed by atoms with Crippen molar-refractivity contribution >= 4 is 22.4 Å². The summed E-state index contributed by atoms with van der Waals surface area (Å²) in [6.45, 7) is 4.39. The fourth-order valence-electron chi connectivity index (χ4n) is 4.05. The second-order valence-corrected chi connectivity index (χ2v) is 7.43. The average Bonchev–Trinajstić information content (AvgIpc) is 3.34. The Bertz CT molecular complexity index is 1360. The van der Waals surface area contributed by atoms with Crippen molar-refractivity contribution in [1.29, 1.82) is 5.26 Å². The van der Waals surface area contributed by atoms with Gasteiger partial charge in [-0.3, -0.25) is 0 Å². The molecule has 30 heavy (non-hydrogen) atoms. The average molecular weight is 392 g/mol. The van der Waals surface area contributed by atoms with Crippen LogP contribution in [0.4, 0.5) is 0 Å². The van der Waals surface area contributed by atoms with E-state index in [2.05, 4.69) is 54.8 Å². The highest BCUT2D eigenvalue weighted by Gasteiger charge is 2.16. The van der Waals surface area contributed by atoms with Crippen LogP contribution in [-0.4, -0.2) is 11.4 Å². The van der Waals surface area contributed by atoms with Gasteiger partial charge in [-0.15, -0.1) is 0 Å². The second-order valence-electron chi connectivity index (χ2n) is 7.43. The number of aromatic nitrogens is 1. The van der Waals surface area contributed by atoms with Gasteiger partial charge in [0, 0.05) is 23.1 Å². The van der Waals surface area contributed by atoms with Gasteiger partial charge in [0.2, 0.25) is 6.79 Å². The molecular weight excluding hydrogens is 372 g/mol. The van der Waals surface area contributed by atoms with Crippen LogP contribution in [0.1, 0.15) is 22.5 Å². The molecule has 4 nitrogen and oxygen atoms in total. The maximum absolute atomic E-state index is 9.85. The molecule has 0 saturated carbocycles. The minimum atomic E-state index is 0.258. The summed E-state index contributed by atoms with van der Waals surface area (Å²) in [6, 6.07) is 24.8. The van der Waals surface area contributed by atoms with Crippen molar-refractivity contribution in [2.75, 3.05) is 6.79 Å². The molecule has 0 bridgehead atoms. The summed E-state index contributed by atoms with van der Waals surface area (Å²) in [5.41, 5.74) is 5.76. The number of aryl methyl sites for hydroxylation is 1. The summed E-state index contributed by atoms with van der Waals surface area (Å²) in [5.74, 6) is 1.52. The highest BCUT2D eigenvalue weighted by Crippen LogP contribution is 2.35. The number of fused-ring (bicyclic) bond motifs is 2. The molecule has 0 N–H and O–H groups in total. The first-order chi connectivity index (χ1) is 14.6. The van der Waals surface area contributed by atoms with Crippen molar-refractivity contribution in [3.63, 3.8) is 0 Å². The van der Waals surface area contributed by atoms with Gasteiger partial charge in [0.1, 0.15) is 0 Å². The van der Waals surface area contributed by atoms with E-state index < -0.39 is 0 Å². The van der Waals surface area contributed by atoms with Crippen molar-refractivity contribution in [3.8, 4) is 23.3 Å². The maximum Gasteiger partial charge on any atom is 0.231 e. The van der Waals surface area contributed by atoms with Gasteiger partial charge in [0.05, 0.1) is 11.6 Å². The molecule has 1 aliphatic heterocycles. The van der Waals surface area contributed by atoms with E-state index in [1.54, 1.807) is 0 Å². The van der Waals surface area contributed by atoms with Crippen LogP contribution in [0, 0.1) is 25.2 Å². The van der Waals surface area contributed by atoms with Gasteiger partial charge in [-0.05, 0) is 66.1 Å². The molecule has 0 unspecified atom stereocenters. The number of benzene rings is 3. The van der Waals surface area contributed by atoms with E-state index >= 15 is 0 Å². The van der Waals surface area contributed by atoms with E-state index in [1.807, 2.05) is 42.5 Å².